The number of rotatable bonds is 7. The maximum Gasteiger partial charge on any atom is 0.272 e. The van der Waals surface area contributed by atoms with E-state index in [9.17, 15) is 9.18 Å². The minimum atomic E-state index is -0.344. The van der Waals surface area contributed by atoms with E-state index in [0.717, 1.165) is 16.9 Å². The van der Waals surface area contributed by atoms with E-state index in [1.165, 1.54) is 12.1 Å². The number of ether oxygens (including phenoxy) is 1. The van der Waals surface area contributed by atoms with Crippen molar-refractivity contribution in [1.29, 1.82) is 0 Å². The van der Waals surface area contributed by atoms with Gasteiger partial charge in [0.2, 0.25) is 0 Å². The first-order valence-electron chi connectivity index (χ1n) is 8.38. The smallest absolute Gasteiger partial charge is 0.272 e. The van der Waals surface area contributed by atoms with Gasteiger partial charge in [-0.25, -0.2) is 4.39 Å². The highest BCUT2D eigenvalue weighted by Gasteiger charge is 2.08. The van der Waals surface area contributed by atoms with Crippen LogP contribution >= 0.6 is 0 Å². The first kappa shape index (κ1) is 18.3. The largest absolute Gasteiger partial charge is 0.496 e. The first-order chi connectivity index (χ1) is 13.2. The molecule has 0 spiro atoms. The van der Waals surface area contributed by atoms with Gasteiger partial charge in [-0.15, -0.1) is 10.2 Å². The fraction of sp³-hybridized carbons (Fsp3) is 0.150. The normalized spacial score (nSPS) is 10.3. The molecule has 1 heterocycles. The van der Waals surface area contributed by atoms with Crippen LogP contribution in [0.25, 0.3) is 0 Å². The predicted molar refractivity (Wildman–Crippen MR) is 99.9 cm³/mol. The zero-order valence-electron chi connectivity index (χ0n) is 14.8. The minimum absolute atomic E-state index is 0.208. The van der Waals surface area contributed by atoms with Crippen LogP contribution < -0.4 is 15.4 Å². The number of carbonyl (C=O) groups is 1. The Balaban J connectivity index is 1.54. The van der Waals surface area contributed by atoms with Crippen molar-refractivity contribution in [2.75, 3.05) is 12.4 Å². The second-order valence-corrected chi connectivity index (χ2v) is 5.78. The third kappa shape index (κ3) is 5.01. The molecule has 0 atom stereocenters. The highest BCUT2D eigenvalue weighted by atomic mass is 19.1. The Hall–Kier alpha value is -3.48. The van der Waals surface area contributed by atoms with E-state index < -0.39 is 0 Å². The first-order valence-corrected chi connectivity index (χ1v) is 8.38. The van der Waals surface area contributed by atoms with Gasteiger partial charge in [0.1, 0.15) is 17.4 Å². The van der Waals surface area contributed by atoms with Crippen molar-refractivity contribution in [3.8, 4) is 5.75 Å². The Morgan fingerprint density at radius 2 is 1.78 bits per heavy atom. The Morgan fingerprint density at radius 1 is 1.00 bits per heavy atom. The average molecular weight is 366 g/mol. The van der Waals surface area contributed by atoms with Gasteiger partial charge >= 0.3 is 0 Å². The number of methoxy groups -OCH3 is 1. The van der Waals surface area contributed by atoms with Gasteiger partial charge in [-0.3, -0.25) is 4.79 Å². The van der Waals surface area contributed by atoms with Gasteiger partial charge in [0.15, 0.2) is 5.69 Å². The van der Waals surface area contributed by atoms with E-state index in [4.69, 9.17) is 4.74 Å². The maximum absolute atomic E-state index is 12.9. The van der Waals surface area contributed by atoms with Crippen LogP contribution in [0.3, 0.4) is 0 Å². The zero-order chi connectivity index (χ0) is 19.1. The number of para-hydroxylation sites is 1. The number of hydrogen-bond donors (Lipinski definition) is 2. The number of carbonyl (C=O) groups excluding carboxylic acids is 1. The van der Waals surface area contributed by atoms with Crippen LogP contribution in [0.5, 0.6) is 5.75 Å². The molecule has 0 bridgehead atoms. The van der Waals surface area contributed by atoms with Gasteiger partial charge in [-0.2, -0.15) is 0 Å². The molecule has 2 aromatic carbocycles. The molecule has 138 valence electrons. The molecule has 0 aliphatic heterocycles. The fourth-order valence-corrected chi connectivity index (χ4v) is 2.46. The predicted octanol–water partition coefficient (Wildman–Crippen LogP) is 3.17. The monoisotopic (exact) mass is 366 g/mol. The number of benzene rings is 2. The summed E-state index contributed by atoms with van der Waals surface area (Å²) in [5.41, 5.74) is 2.00. The molecule has 0 fully saturated rings. The van der Waals surface area contributed by atoms with E-state index >= 15 is 0 Å². The van der Waals surface area contributed by atoms with Crippen LogP contribution in [0.1, 0.15) is 21.6 Å². The Labute approximate surface area is 156 Å². The lowest BCUT2D eigenvalue weighted by Gasteiger charge is -2.10. The van der Waals surface area contributed by atoms with E-state index in [2.05, 4.69) is 20.8 Å². The summed E-state index contributed by atoms with van der Waals surface area (Å²) in [7, 11) is 1.62. The Kier molecular flexibility index (Phi) is 5.94. The quantitative estimate of drug-likeness (QED) is 0.672. The second kappa shape index (κ2) is 8.75. The third-order valence-electron chi connectivity index (χ3n) is 3.92. The van der Waals surface area contributed by atoms with Gasteiger partial charge in [0.05, 0.1) is 7.11 Å². The number of aromatic nitrogens is 2. The number of hydrogen-bond acceptors (Lipinski definition) is 5. The van der Waals surface area contributed by atoms with Crippen molar-refractivity contribution < 1.29 is 13.9 Å². The summed E-state index contributed by atoms with van der Waals surface area (Å²) in [4.78, 5) is 12.1. The van der Waals surface area contributed by atoms with Gasteiger partial charge in [0, 0.05) is 18.7 Å². The molecule has 27 heavy (non-hydrogen) atoms. The van der Waals surface area contributed by atoms with Gasteiger partial charge in [-0.1, -0.05) is 30.3 Å². The van der Waals surface area contributed by atoms with Crippen molar-refractivity contribution in [2.45, 2.75) is 13.1 Å². The molecule has 7 heteroatoms. The van der Waals surface area contributed by atoms with Crippen molar-refractivity contribution in [1.82, 2.24) is 15.5 Å². The molecule has 3 aromatic rings. The topological polar surface area (TPSA) is 76.1 Å². The Morgan fingerprint density at radius 3 is 2.48 bits per heavy atom. The minimum Gasteiger partial charge on any atom is -0.496 e. The number of halogens is 1. The van der Waals surface area contributed by atoms with Crippen molar-refractivity contribution in [3.63, 3.8) is 0 Å². The van der Waals surface area contributed by atoms with Crippen LogP contribution in [0.2, 0.25) is 0 Å². The van der Waals surface area contributed by atoms with Crippen LogP contribution in [0, 0.1) is 5.82 Å². The highest BCUT2D eigenvalue weighted by molar-refractivity contribution is 5.92. The molecule has 0 unspecified atom stereocenters. The summed E-state index contributed by atoms with van der Waals surface area (Å²) in [5, 5.41) is 13.8. The lowest BCUT2D eigenvalue weighted by molar-refractivity contribution is 0.0945. The van der Waals surface area contributed by atoms with Crippen LogP contribution in [0.15, 0.2) is 60.7 Å². The van der Waals surface area contributed by atoms with E-state index in [0.29, 0.717) is 12.4 Å². The molecule has 1 aromatic heterocycles. The zero-order valence-corrected chi connectivity index (χ0v) is 14.8. The van der Waals surface area contributed by atoms with Gasteiger partial charge < -0.3 is 15.4 Å². The van der Waals surface area contributed by atoms with Gasteiger partial charge in [-0.05, 0) is 35.9 Å². The third-order valence-corrected chi connectivity index (χ3v) is 3.92. The summed E-state index contributed by atoms with van der Waals surface area (Å²) < 4.78 is 18.2. The summed E-state index contributed by atoms with van der Waals surface area (Å²) >= 11 is 0. The van der Waals surface area contributed by atoms with E-state index in [1.54, 1.807) is 31.4 Å². The number of nitrogens with zero attached hydrogens (tertiary/aromatic N) is 2. The highest BCUT2D eigenvalue weighted by Crippen LogP contribution is 2.18. The SMILES string of the molecule is COc1ccccc1CNc1ccc(C(=O)NCc2ccc(F)cc2)nn1. The molecule has 0 saturated carbocycles. The lowest BCUT2D eigenvalue weighted by Crippen LogP contribution is -2.24. The molecule has 2 N–H and O–H groups in total. The molecule has 0 saturated heterocycles. The lowest BCUT2D eigenvalue weighted by atomic mass is 10.2. The molecular formula is C20H19FN4O2. The molecular weight excluding hydrogens is 347 g/mol. The maximum atomic E-state index is 12.9. The molecule has 3 rings (SSSR count). The van der Waals surface area contributed by atoms with E-state index in [-0.39, 0.29) is 24.0 Å². The second-order valence-electron chi connectivity index (χ2n) is 5.78. The molecule has 0 aliphatic carbocycles. The summed E-state index contributed by atoms with van der Waals surface area (Å²) in [6, 6.07) is 16.9. The standard InChI is InChI=1S/C20H19FN4O2/c1-27-18-5-3-2-4-15(18)13-22-19-11-10-17(24-25-19)20(26)23-12-14-6-8-16(21)9-7-14/h2-11H,12-13H2,1H3,(H,22,25)(H,23,26). The molecule has 0 aliphatic rings. The van der Waals surface area contributed by atoms with Crippen LogP contribution in [0.4, 0.5) is 10.2 Å². The molecule has 1 amide bonds. The number of amides is 1. The van der Waals surface area contributed by atoms with Crippen molar-refractivity contribution >= 4 is 11.7 Å². The Bertz CT molecular complexity index is 899. The van der Waals surface area contributed by atoms with Gasteiger partial charge in [0.25, 0.3) is 5.91 Å². The van der Waals surface area contributed by atoms with Crippen molar-refractivity contribution in [3.05, 3.63) is 83.3 Å². The summed E-state index contributed by atoms with van der Waals surface area (Å²) in [6.07, 6.45) is 0. The number of anilines is 1. The summed E-state index contributed by atoms with van der Waals surface area (Å²) in [6.45, 7) is 0.809. The summed E-state index contributed by atoms with van der Waals surface area (Å²) in [5.74, 6) is 0.681. The van der Waals surface area contributed by atoms with Crippen LogP contribution in [-0.2, 0) is 13.1 Å². The average Bonchev–Trinajstić information content (AvgIpc) is 2.72. The van der Waals surface area contributed by atoms with Crippen LogP contribution in [-0.4, -0.2) is 23.2 Å². The van der Waals surface area contributed by atoms with E-state index in [1.807, 2.05) is 24.3 Å². The fourth-order valence-electron chi connectivity index (χ4n) is 2.46. The molecule has 6 nitrogen and oxygen atoms in total. The molecule has 0 radical (unpaired) electrons. The van der Waals surface area contributed by atoms with Crippen molar-refractivity contribution in [2.24, 2.45) is 0 Å². The number of nitrogens with one attached hydrogen (secondary N) is 2.